The summed E-state index contributed by atoms with van der Waals surface area (Å²) in [6.07, 6.45) is 4.71. The van der Waals surface area contributed by atoms with Gasteiger partial charge in [0, 0.05) is 12.4 Å². The van der Waals surface area contributed by atoms with E-state index >= 15 is 0 Å². The van der Waals surface area contributed by atoms with Gasteiger partial charge in [0.05, 0.1) is 22.9 Å². The third kappa shape index (κ3) is 5.35. The fourth-order valence-corrected chi connectivity index (χ4v) is 5.00. The maximum Gasteiger partial charge on any atom is 0.307 e. The second-order valence-electron chi connectivity index (χ2n) is 8.33. The Hall–Kier alpha value is -3.37. The summed E-state index contributed by atoms with van der Waals surface area (Å²) < 4.78 is 0. The molecule has 3 heterocycles. The van der Waals surface area contributed by atoms with Crippen LogP contribution in [0.2, 0.25) is 0 Å². The lowest BCUT2D eigenvalue weighted by molar-refractivity contribution is -0.145. The number of nitrogens with one attached hydrogen (secondary N) is 1. The Labute approximate surface area is 194 Å². The summed E-state index contributed by atoms with van der Waals surface area (Å²) in [7, 11) is 0. The van der Waals surface area contributed by atoms with E-state index in [1.54, 1.807) is 24.5 Å². The van der Waals surface area contributed by atoms with Crippen molar-refractivity contribution in [3.8, 4) is 10.6 Å². The van der Waals surface area contributed by atoms with Crippen LogP contribution < -0.4 is 5.32 Å². The van der Waals surface area contributed by atoms with Crippen molar-refractivity contribution in [3.63, 3.8) is 0 Å². The first-order chi connectivity index (χ1) is 15.7. The van der Waals surface area contributed by atoms with E-state index in [0.29, 0.717) is 53.6 Å². The van der Waals surface area contributed by atoms with Crippen LogP contribution in [-0.2, 0) is 21.6 Å². The molecule has 1 aliphatic carbocycles. The maximum atomic E-state index is 11.2. The lowest BCUT2D eigenvalue weighted by atomic mass is 9.79. The zero-order valence-corrected chi connectivity index (χ0v) is 18.8. The standard InChI is InChI=1S/C23H24N4O5S/c1-13-8-16(26-19(9-13)27-18-10-14(4-7-24-18)11-20(28)29)17-12-25-22(33-17)23(32)5-2-15(3-6-23)21(30)31/h4,7-10,12,15,32H,2-3,5-6,11H2,1H3,(H,28,29)(H,30,31)(H,24,26,27)/t15-,23-. The quantitative estimate of drug-likeness (QED) is 0.407. The minimum Gasteiger partial charge on any atom is -0.481 e. The Balaban J connectivity index is 1.54. The lowest BCUT2D eigenvalue weighted by Gasteiger charge is -2.32. The van der Waals surface area contributed by atoms with Crippen LogP contribution in [0.4, 0.5) is 11.6 Å². The van der Waals surface area contributed by atoms with E-state index in [4.69, 9.17) is 5.11 Å². The van der Waals surface area contributed by atoms with Gasteiger partial charge in [0.2, 0.25) is 0 Å². The second kappa shape index (κ2) is 9.24. The number of aliphatic carboxylic acids is 2. The van der Waals surface area contributed by atoms with Gasteiger partial charge in [-0.05, 0) is 68.0 Å². The lowest BCUT2D eigenvalue weighted by Crippen LogP contribution is -2.33. The number of carbonyl (C=O) groups is 2. The van der Waals surface area contributed by atoms with Gasteiger partial charge in [0.25, 0.3) is 0 Å². The molecule has 172 valence electrons. The van der Waals surface area contributed by atoms with Gasteiger partial charge in [-0.15, -0.1) is 11.3 Å². The molecule has 0 unspecified atom stereocenters. The highest BCUT2D eigenvalue weighted by Crippen LogP contribution is 2.42. The van der Waals surface area contributed by atoms with Crippen molar-refractivity contribution in [2.24, 2.45) is 5.92 Å². The maximum absolute atomic E-state index is 11.2. The van der Waals surface area contributed by atoms with Gasteiger partial charge in [0.15, 0.2) is 0 Å². The van der Waals surface area contributed by atoms with Crippen LogP contribution in [0.25, 0.3) is 10.6 Å². The summed E-state index contributed by atoms with van der Waals surface area (Å²) in [5.41, 5.74) is 1.16. The third-order valence-electron chi connectivity index (χ3n) is 5.72. The summed E-state index contributed by atoms with van der Waals surface area (Å²) in [6.45, 7) is 1.94. The highest BCUT2D eigenvalue weighted by molar-refractivity contribution is 7.15. The van der Waals surface area contributed by atoms with Gasteiger partial charge in [0.1, 0.15) is 22.2 Å². The largest absolute Gasteiger partial charge is 0.481 e. The molecule has 4 N–H and O–H groups in total. The first kappa shape index (κ1) is 22.8. The van der Waals surface area contributed by atoms with E-state index in [2.05, 4.69) is 20.3 Å². The van der Waals surface area contributed by atoms with E-state index < -0.39 is 23.5 Å². The summed E-state index contributed by atoms with van der Waals surface area (Å²) in [5.74, 6) is -1.10. The molecule has 10 heteroatoms. The number of aliphatic hydroxyl groups is 1. The van der Waals surface area contributed by atoms with Gasteiger partial charge in [-0.1, -0.05) is 0 Å². The summed E-state index contributed by atoms with van der Waals surface area (Å²) >= 11 is 1.35. The molecule has 1 fully saturated rings. The van der Waals surface area contributed by atoms with Gasteiger partial charge < -0.3 is 20.6 Å². The topological polar surface area (TPSA) is 146 Å². The van der Waals surface area contributed by atoms with Crippen LogP contribution in [0.15, 0.2) is 36.7 Å². The number of aromatic nitrogens is 3. The molecule has 0 aromatic carbocycles. The van der Waals surface area contributed by atoms with Crippen molar-refractivity contribution in [1.82, 2.24) is 15.0 Å². The monoisotopic (exact) mass is 468 g/mol. The Kier molecular flexibility index (Phi) is 6.39. The molecule has 0 amide bonds. The summed E-state index contributed by atoms with van der Waals surface area (Å²) in [4.78, 5) is 36.3. The molecule has 3 aromatic heterocycles. The van der Waals surface area contributed by atoms with Crippen molar-refractivity contribution in [2.45, 2.75) is 44.6 Å². The number of hydrogen-bond donors (Lipinski definition) is 4. The normalized spacial score (nSPS) is 20.4. The molecular weight excluding hydrogens is 444 g/mol. The first-order valence-corrected chi connectivity index (χ1v) is 11.4. The van der Waals surface area contributed by atoms with Gasteiger partial charge in [-0.3, -0.25) is 9.59 Å². The molecule has 0 atom stereocenters. The number of thiazole rings is 1. The molecule has 0 aliphatic heterocycles. The molecule has 4 rings (SSSR count). The summed E-state index contributed by atoms with van der Waals surface area (Å²) in [6, 6.07) is 7.10. The molecular formula is C23H24N4O5S. The average molecular weight is 469 g/mol. The van der Waals surface area contributed by atoms with Gasteiger partial charge >= 0.3 is 11.9 Å². The Morgan fingerprint density at radius 1 is 1.15 bits per heavy atom. The van der Waals surface area contributed by atoms with Crippen molar-refractivity contribution < 1.29 is 24.9 Å². The van der Waals surface area contributed by atoms with Crippen LogP contribution in [-0.4, -0.2) is 42.2 Å². The van der Waals surface area contributed by atoms with Gasteiger partial charge in [-0.25, -0.2) is 15.0 Å². The van der Waals surface area contributed by atoms with Crippen LogP contribution in [0.1, 0.15) is 41.8 Å². The Bertz CT molecular complexity index is 1190. The third-order valence-corrected chi connectivity index (χ3v) is 6.94. The molecule has 0 saturated heterocycles. The molecule has 0 bridgehead atoms. The SMILES string of the molecule is Cc1cc(Nc2cc(CC(=O)O)ccn2)nc(-c2cnc([C@]3(O)CC[C@H](C(=O)O)CC3)s2)c1. The molecule has 3 aromatic rings. The number of aryl methyl sites for hydroxylation is 1. The second-order valence-corrected chi connectivity index (χ2v) is 9.36. The van der Waals surface area contributed by atoms with E-state index in [9.17, 15) is 19.8 Å². The van der Waals surface area contributed by atoms with Crippen LogP contribution in [0.3, 0.4) is 0 Å². The molecule has 0 spiro atoms. The Morgan fingerprint density at radius 3 is 2.61 bits per heavy atom. The minimum atomic E-state index is -1.12. The number of anilines is 2. The number of rotatable bonds is 7. The number of nitrogens with zero attached hydrogens (tertiary/aromatic N) is 3. The van der Waals surface area contributed by atoms with Crippen molar-refractivity contribution in [3.05, 3.63) is 52.8 Å². The number of carboxylic acids is 2. The number of hydrogen-bond acceptors (Lipinski definition) is 8. The molecule has 1 aliphatic rings. The average Bonchev–Trinajstić information content (AvgIpc) is 3.25. The fraction of sp³-hybridized carbons (Fsp3) is 0.348. The van der Waals surface area contributed by atoms with Crippen LogP contribution >= 0.6 is 11.3 Å². The highest BCUT2D eigenvalue weighted by Gasteiger charge is 2.39. The van der Waals surface area contributed by atoms with Crippen molar-refractivity contribution in [2.75, 3.05) is 5.32 Å². The number of pyridine rings is 2. The molecule has 0 radical (unpaired) electrons. The van der Waals surface area contributed by atoms with Crippen LogP contribution in [0.5, 0.6) is 0 Å². The zero-order chi connectivity index (χ0) is 23.6. The predicted molar refractivity (Wildman–Crippen MR) is 122 cm³/mol. The Morgan fingerprint density at radius 2 is 1.91 bits per heavy atom. The smallest absolute Gasteiger partial charge is 0.307 e. The number of carboxylic acid groups (broad SMARTS) is 2. The zero-order valence-electron chi connectivity index (χ0n) is 18.0. The van der Waals surface area contributed by atoms with E-state index in [-0.39, 0.29) is 6.42 Å². The fourth-order valence-electron chi connectivity index (χ4n) is 3.98. The van der Waals surface area contributed by atoms with Crippen LogP contribution in [0, 0.1) is 12.8 Å². The van der Waals surface area contributed by atoms with E-state index in [0.717, 1.165) is 10.4 Å². The molecule has 33 heavy (non-hydrogen) atoms. The predicted octanol–water partition coefficient (Wildman–Crippen LogP) is 3.74. The molecule has 1 saturated carbocycles. The first-order valence-electron chi connectivity index (χ1n) is 10.6. The van der Waals surface area contributed by atoms with Crippen molar-refractivity contribution >= 4 is 34.9 Å². The van der Waals surface area contributed by atoms with Gasteiger partial charge in [-0.2, -0.15) is 0 Å². The highest BCUT2D eigenvalue weighted by atomic mass is 32.1. The van der Waals surface area contributed by atoms with E-state index in [1.165, 1.54) is 11.3 Å². The molecule has 9 nitrogen and oxygen atoms in total. The summed E-state index contributed by atoms with van der Waals surface area (Å²) in [5, 5.41) is 33.0. The van der Waals surface area contributed by atoms with Crippen molar-refractivity contribution in [1.29, 1.82) is 0 Å². The van der Waals surface area contributed by atoms with E-state index in [1.807, 2.05) is 19.1 Å². The minimum absolute atomic E-state index is 0.0938.